The zero-order valence-corrected chi connectivity index (χ0v) is 13.6. The fraction of sp³-hybridized carbons (Fsp3) is 0.471. The third-order valence-corrected chi connectivity index (χ3v) is 3.00. The molecule has 0 aromatic heterocycles. The van der Waals surface area contributed by atoms with Gasteiger partial charge in [-0.15, -0.1) is 0 Å². The number of carbonyl (C=O) groups is 1. The molecule has 0 saturated heterocycles. The number of hydrogen-bond donors (Lipinski definition) is 2. The predicted molar refractivity (Wildman–Crippen MR) is 86.8 cm³/mol. The molecule has 1 aromatic rings. The van der Waals surface area contributed by atoms with Crippen molar-refractivity contribution in [1.82, 2.24) is 5.32 Å². The first-order valence-corrected chi connectivity index (χ1v) is 7.20. The van der Waals surface area contributed by atoms with Crippen molar-refractivity contribution in [3.05, 3.63) is 41.5 Å². The van der Waals surface area contributed by atoms with Crippen LogP contribution in [-0.4, -0.2) is 17.6 Å². The van der Waals surface area contributed by atoms with Crippen LogP contribution >= 0.6 is 0 Å². The molecule has 0 radical (unpaired) electrons. The monoisotopic (exact) mass is 290 g/mol. The lowest BCUT2D eigenvalue weighted by atomic mass is 10.1. The Morgan fingerprint density at radius 3 is 2.38 bits per heavy atom. The van der Waals surface area contributed by atoms with E-state index in [0.29, 0.717) is 12.1 Å². The Kier molecular flexibility index (Phi) is 5.97. The quantitative estimate of drug-likeness (QED) is 0.497. The Labute approximate surface area is 127 Å². The molecule has 4 nitrogen and oxygen atoms in total. The van der Waals surface area contributed by atoms with E-state index in [2.05, 4.69) is 5.32 Å². The average Bonchev–Trinajstić information content (AvgIpc) is 2.36. The number of nitrogens with two attached hydrogens (primary N) is 1. The van der Waals surface area contributed by atoms with Gasteiger partial charge in [0.05, 0.1) is 0 Å². The molecular weight excluding hydrogens is 264 g/mol. The van der Waals surface area contributed by atoms with Gasteiger partial charge in [-0.05, 0) is 52.3 Å². The third kappa shape index (κ3) is 6.00. The summed E-state index contributed by atoms with van der Waals surface area (Å²) in [5.74, 6) is -0.276. The minimum Gasteiger partial charge on any atom is -0.457 e. The van der Waals surface area contributed by atoms with Crippen LogP contribution in [0.2, 0.25) is 0 Å². The van der Waals surface area contributed by atoms with Gasteiger partial charge in [0.2, 0.25) is 0 Å². The van der Waals surface area contributed by atoms with Crippen molar-refractivity contribution >= 4 is 11.7 Å². The van der Waals surface area contributed by atoms with Gasteiger partial charge >= 0.3 is 5.97 Å². The lowest BCUT2D eigenvalue weighted by Gasteiger charge is -2.23. The highest BCUT2D eigenvalue weighted by Gasteiger charge is 2.22. The van der Waals surface area contributed by atoms with E-state index >= 15 is 0 Å². The summed E-state index contributed by atoms with van der Waals surface area (Å²) in [5, 5.41) is 3.33. The number of anilines is 1. The van der Waals surface area contributed by atoms with Crippen molar-refractivity contribution in [3.8, 4) is 0 Å². The molecule has 0 amide bonds. The van der Waals surface area contributed by atoms with Crippen LogP contribution < -0.4 is 11.1 Å². The summed E-state index contributed by atoms with van der Waals surface area (Å²) in [5.41, 5.74) is 7.68. The molecule has 4 heteroatoms. The Morgan fingerprint density at radius 2 is 1.90 bits per heavy atom. The van der Waals surface area contributed by atoms with E-state index < -0.39 is 5.60 Å². The summed E-state index contributed by atoms with van der Waals surface area (Å²) in [4.78, 5) is 12.1. The zero-order valence-electron chi connectivity index (χ0n) is 13.6. The summed E-state index contributed by atoms with van der Waals surface area (Å²) in [6, 6.07) is 7.59. The minimum atomic E-state index is -0.484. The molecular formula is C17H26N2O2. The van der Waals surface area contributed by atoms with E-state index in [4.69, 9.17) is 10.5 Å². The molecule has 0 aliphatic rings. The van der Waals surface area contributed by atoms with Crippen LogP contribution in [-0.2, 0) is 16.1 Å². The Bertz CT molecular complexity index is 499. The van der Waals surface area contributed by atoms with Gasteiger partial charge in [-0.3, -0.25) is 0 Å². The van der Waals surface area contributed by atoms with Crippen LogP contribution in [0.15, 0.2) is 35.9 Å². The number of esters is 1. The molecule has 1 aromatic carbocycles. The van der Waals surface area contributed by atoms with Crippen LogP contribution in [0.1, 0.15) is 40.2 Å². The van der Waals surface area contributed by atoms with Crippen molar-refractivity contribution < 1.29 is 9.53 Å². The van der Waals surface area contributed by atoms with E-state index in [0.717, 1.165) is 11.3 Å². The Hall–Kier alpha value is -1.81. The summed E-state index contributed by atoms with van der Waals surface area (Å²) >= 11 is 0. The number of ether oxygens (including phenoxy) is 1. The molecule has 0 spiro atoms. The van der Waals surface area contributed by atoms with E-state index in [1.54, 1.807) is 6.08 Å². The number of rotatable bonds is 5. The van der Waals surface area contributed by atoms with Gasteiger partial charge < -0.3 is 15.8 Å². The lowest BCUT2D eigenvalue weighted by Crippen LogP contribution is -2.34. The van der Waals surface area contributed by atoms with Crippen LogP contribution in [0, 0.1) is 0 Å². The molecule has 0 aliphatic heterocycles. The number of benzene rings is 1. The van der Waals surface area contributed by atoms with Crippen molar-refractivity contribution in [2.24, 2.45) is 0 Å². The molecule has 0 bridgehead atoms. The summed E-state index contributed by atoms with van der Waals surface area (Å²) in [6.45, 7) is 10.1. The topological polar surface area (TPSA) is 64.3 Å². The second-order valence-electron chi connectivity index (χ2n) is 6.09. The maximum Gasteiger partial charge on any atom is 0.335 e. The van der Waals surface area contributed by atoms with Gasteiger partial charge in [0.1, 0.15) is 5.60 Å². The van der Waals surface area contributed by atoms with E-state index in [9.17, 15) is 4.79 Å². The number of nitrogens with one attached hydrogen (secondary N) is 1. The van der Waals surface area contributed by atoms with E-state index in [1.165, 1.54) is 0 Å². The van der Waals surface area contributed by atoms with Crippen molar-refractivity contribution in [2.75, 3.05) is 5.73 Å². The highest BCUT2D eigenvalue weighted by atomic mass is 16.6. The number of nitrogen functional groups attached to an aromatic ring is 1. The Balaban J connectivity index is 2.61. The highest BCUT2D eigenvalue weighted by Crippen LogP contribution is 2.14. The molecule has 1 unspecified atom stereocenters. The fourth-order valence-corrected chi connectivity index (χ4v) is 1.90. The van der Waals surface area contributed by atoms with Gasteiger partial charge in [0.15, 0.2) is 0 Å². The number of allylic oxidation sites excluding steroid dienone is 1. The summed E-state index contributed by atoms with van der Waals surface area (Å²) in [7, 11) is 0. The standard InChI is InChI=1S/C17H26N2O2/c1-6-15(16(20)21-17(3,4)5)12(2)19-11-13-7-9-14(18)10-8-13/h6-10,12,19H,11,18H2,1-5H3/b15-6+. The molecule has 116 valence electrons. The van der Waals surface area contributed by atoms with E-state index in [1.807, 2.05) is 58.9 Å². The maximum atomic E-state index is 12.1. The molecule has 0 aliphatic carbocycles. The summed E-state index contributed by atoms with van der Waals surface area (Å²) < 4.78 is 5.42. The largest absolute Gasteiger partial charge is 0.457 e. The van der Waals surface area contributed by atoms with Gasteiger partial charge in [-0.25, -0.2) is 4.79 Å². The fourth-order valence-electron chi connectivity index (χ4n) is 1.90. The van der Waals surface area contributed by atoms with Gasteiger partial charge in [0, 0.05) is 23.8 Å². The number of carbonyl (C=O) groups excluding carboxylic acids is 1. The normalized spacial score (nSPS) is 13.9. The molecule has 21 heavy (non-hydrogen) atoms. The van der Waals surface area contributed by atoms with Crippen molar-refractivity contribution in [2.45, 2.75) is 52.8 Å². The molecule has 1 atom stereocenters. The van der Waals surface area contributed by atoms with Gasteiger partial charge in [0.25, 0.3) is 0 Å². The summed E-state index contributed by atoms with van der Waals surface area (Å²) in [6.07, 6.45) is 1.80. The molecule has 0 fully saturated rings. The molecule has 0 saturated carbocycles. The first kappa shape index (κ1) is 17.2. The second kappa shape index (κ2) is 7.27. The predicted octanol–water partition coefficient (Wildman–Crippen LogP) is 3.03. The smallest absolute Gasteiger partial charge is 0.335 e. The second-order valence-corrected chi connectivity index (χ2v) is 6.09. The minimum absolute atomic E-state index is 0.0811. The van der Waals surface area contributed by atoms with Gasteiger partial charge in [-0.2, -0.15) is 0 Å². The van der Waals surface area contributed by atoms with Crippen LogP contribution in [0.3, 0.4) is 0 Å². The first-order valence-electron chi connectivity index (χ1n) is 7.20. The van der Waals surface area contributed by atoms with Crippen molar-refractivity contribution in [1.29, 1.82) is 0 Å². The number of hydrogen-bond acceptors (Lipinski definition) is 4. The van der Waals surface area contributed by atoms with Crippen LogP contribution in [0.25, 0.3) is 0 Å². The Morgan fingerprint density at radius 1 is 1.33 bits per heavy atom. The SMILES string of the molecule is C/C=C(/C(=O)OC(C)(C)C)C(C)NCc1ccc(N)cc1. The van der Waals surface area contributed by atoms with Crippen LogP contribution in [0.4, 0.5) is 5.69 Å². The van der Waals surface area contributed by atoms with E-state index in [-0.39, 0.29) is 12.0 Å². The molecule has 3 N–H and O–H groups in total. The lowest BCUT2D eigenvalue weighted by molar-refractivity contribution is -0.150. The maximum absolute atomic E-state index is 12.1. The first-order chi connectivity index (χ1) is 9.73. The van der Waals surface area contributed by atoms with Gasteiger partial charge in [-0.1, -0.05) is 18.2 Å². The molecule has 0 heterocycles. The van der Waals surface area contributed by atoms with Crippen molar-refractivity contribution in [3.63, 3.8) is 0 Å². The third-order valence-electron chi connectivity index (χ3n) is 3.00. The zero-order chi connectivity index (χ0) is 16.0. The highest BCUT2D eigenvalue weighted by molar-refractivity contribution is 5.89. The van der Waals surface area contributed by atoms with Crippen LogP contribution in [0.5, 0.6) is 0 Å². The average molecular weight is 290 g/mol. The molecule has 1 rings (SSSR count).